The molecular formula is C21H31N5O7. The highest BCUT2D eigenvalue weighted by Gasteiger charge is 2.30. The van der Waals surface area contributed by atoms with Gasteiger partial charge in [0.25, 0.3) is 0 Å². The molecule has 0 bridgehead atoms. The lowest BCUT2D eigenvalue weighted by atomic mass is 10.0. The molecule has 33 heavy (non-hydrogen) atoms. The van der Waals surface area contributed by atoms with Crippen molar-refractivity contribution in [2.45, 2.75) is 63.4 Å². The van der Waals surface area contributed by atoms with Crippen molar-refractivity contribution >= 4 is 29.6 Å². The number of nitrogens with two attached hydrogens (primary N) is 2. The number of carbonyl (C=O) groups is 5. The van der Waals surface area contributed by atoms with Crippen LogP contribution in [0.4, 0.5) is 0 Å². The SMILES string of the molecule is CC(NC(=O)C(Cc1ccccc1)NC(=O)C(N)CCC(N)=O)C(=O)NC(C(=O)O)C(C)O. The van der Waals surface area contributed by atoms with Crippen molar-refractivity contribution in [2.75, 3.05) is 0 Å². The Morgan fingerprint density at radius 2 is 1.55 bits per heavy atom. The Morgan fingerprint density at radius 3 is 2.06 bits per heavy atom. The van der Waals surface area contributed by atoms with Crippen molar-refractivity contribution in [3.63, 3.8) is 0 Å². The summed E-state index contributed by atoms with van der Waals surface area (Å²) in [6, 6.07) is 3.87. The number of aliphatic carboxylic acids is 1. The number of nitrogens with one attached hydrogen (secondary N) is 3. The molecule has 5 atom stereocenters. The molecule has 1 aromatic rings. The molecule has 9 N–H and O–H groups in total. The van der Waals surface area contributed by atoms with Crippen LogP contribution >= 0.6 is 0 Å². The second-order valence-electron chi connectivity index (χ2n) is 7.66. The molecule has 0 radical (unpaired) electrons. The van der Waals surface area contributed by atoms with Crippen LogP contribution < -0.4 is 27.4 Å². The van der Waals surface area contributed by atoms with Gasteiger partial charge in [-0.3, -0.25) is 19.2 Å². The summed E-state index contributed by atoms with van der Waals surface area (Å²) in [4.78, 5) is 59.7. The number of benzene rings is 1. The van der Waals surface area contributed by atoms with Crippen LogP contribution in [-0.4, -0.2) is 70.1 Å². The van der Waals surface area contributed by atoms with Gasteiger partial charge in [0.1, 0.15) is 12.1 Å². The summed E-state index contributed by atoms with van der Waals surface area (Å²) in [5, 5.41) is 25.7. The lowest BCUT2D eigenvalue weighted by molar-refractivity contribution is -0.145. The van der Waals surface area contributed by atoms with E-state index in [0.29, 0.717) is 0 Å². The predicted octanol–water partition coefficient (Wildman–Crippen LogP) is -2.24. The van der Waals surface area contributed by atoms with Crippen LogP contribution in [-0.2, 0) is 30.4 Å². The van der Waals surface area contributed by atoms with Crippen molar-refractivity contribution in [3.8, 4) is 0 Å². The third-order valence-electron chi connectivity index (χ3n) is 4.75. The molecule has 0 fully saturated rings. The van der Waals surface area contributed by atoms with Crippen LogP contribution in [0.3, 0.4) is 0 Å². The molecule has 0 heterocycles. The topological polar surface area (TPSA) is 214 Å². The molecule has 1 rings (SSSR count). The summed E-state index contributed by atoms with van der Waals surface area (Å²) >= 11 is 0. The van der Waals surface area contributed by atoms with Gasteiger partial charge < -0.3 is 37.6 Å². The molecule has 12 heteroatoms. The molecule has 0 saturated heterocycles. The van der Waals surface area contributed by atoms with Gasteiger partial charge in [0.2, 0.25) is 23.6 Å². The number of hydrogen-bond acceptors (Lipinski definition) is 7. The summed E-state index contributed by atoms with van der Waals surface area (Å²) in [7, 11) is 0. The quantitative estimate of drug-likeness (QED) is 0.169. The van der Waals surface area contributed by atoms with Crippen molar-refractivity contribution in [3.05, 3.63) is 35.9 Å². The number of amides is 4. The van der Waals surface area contributed by atoms with E-state index in [-0.39, 0.29) is 19.3 Å². The Labute approximate surface area is 191 Å². The standard InChI is InChI=1S/C21H31N5O7/c1-11(18(29)26-17(12(2)27)21(32)33)24-20(31)15(10-13-6-4-3-5-7-13)25-19(30)14(22)8-9-16(23)28/h3-7,11-12,14-15,17,27H,8-10,22H2,1-2H3,(H2,23,28)(H,24,31)(H,25,30)(H,26,29)(H,32,33). The molecule has 0 aliphatic carbocycles. The fourth-order valence-corrected chi connectivity index (χ4v) is 2.81. The summed E-state index contributed by atoms with van der Waals surface area (Å²) < 4.78 is 0. The lowest BCUT2D eigenvalue weighted by Crippen LogP contribution is -2.58. The van der Waals surface area contributed by atoms with Crippen molar-refractivity contribution in [2.24, 2.45) is 11.5 Å². The molecule has 1 aromatic carbocycles. The van der Waals surface area contributed by atoms with Gasteiger partial charge in [-0.2, -0.15) is 0 Å². The Balaban J connectivity index is 2.90. The molecule has 0 spiro atoms. The molecule has 5 unspecified atom stereocenters. The van der Waals surface area contributed by atoms with Gasteiger partial charge >= 0.3 is 5.97 Å². The molecule has 0 aromatic heterocycles. The average molecular weight is 466 g/mol. The van der Waals surface area contributed by atoms with Gasteiger partial charge in [-0.15, -0.1) is 0 Å². The van der Waals surface area contributed by atoms with Crippen molar-refractivity contribution < 1.29 is 34.2 Å². The number of carbonyl (C=O) groups excluding carboxylic acids is 4. The maximum absolute atomic E-state index is 12.9. The zero-order valence-corrected chi connectivity index (χ0v) is 18.5. The smallest absolute Gasteiger partial charge is 0.328 e. The van der Waals surface area contributed by atoms with Crippen LogP contribution in [0.25, 0.3) is 0 Å². The van der Waals surface area contributed by atoms with Gasteiger partial charge in [0.05, 0.1) is 12.1 Å². The number of rotatable bonds is 13. The van der Waals surface area contributed by atoms with Gasteiger partial charge in [0, 0.05) is 12.8 Å². The maximum Gasteiger partial charge on any atom is 0.328 e. The number of primary amides is 1. The molecule has 4 amide bonds. The van der Waals surface area contributed by atoms with E-state index in [9.17, 15) is 29.1 Å². The Kier molecular flexibility index (Phi) is 11.0. The second kappa shape index (κ2) is 13.1. The highest BCUT2D eigenvalue weighted by atomic mass is 16.4. The van der Waals surface area contributed by atoms with Crippen LogP contribution in [0.2, 0.25) is 0 Å². The molecule has 182 valence electrons. The number of aliphatic hydroxyl groups excluding tert-OH is 1. The van der Waals surface area contributed by atoms with Gasteiger partial charge in [-0.05, 0) is 25.8 Å². The zero-order valence-electron chi connectivity index (χ0n) is 18.5. The minimum atomic E-state index is -1.56. The van der Waals surface area contributed by atoms with E-state index in [4.69, 9.17) is 16.6 Å². The third-order valence-corrected chi connectivity index (χ3v) is 4.75. The van der Waals surface area contributed by atoms with E-state index in [2.05, 4.69) is 16.0 Å². The number of hydrogen-bond donors (Lipinski definition) is 7. The minimum absolute atomic E-state index is 0.00439. The van der Waals surface area contributed by atoms with E-state index < -0.39 is 59.9 Å². The zero-order chi connectivity index (χ0) is 25.1. The maximum atomic E-state index is 12.9. The predicted molar refractivity (Wildman–Crippen MR) is 117 cm³/mol. The van der Waals surface area contributed by atoms with Crippen LogP contribution in [0.15, 0.2) is 30.3 Å². The van der Waals surface area contributed by atoms with E-state index in [1.165, 1.54) is 13.8 Å². The highest BCUT2D eigenvalue weighted by Crippen LogP contribution is 2.05. The fraction of sp³-hybridized carbons (Fsp3) is 0.476. The fourth-order valence-electron chi connectivity index (χ4n) is 2.81. The van der Waals surface area contributed by atoms with Gasteiger partial charge in [0.15, 0.2) is 6.04 Å². The van der Waals surface area contributed by atoms with Gasteiger partial charge in [-0.25, -0.2) is 4.79 Å². The van der Waals surface area contributed by atoms with E-state index in [1.54, 1.807) is 30.3 Å². The van der Waals surface area contributed by atoms with Crippen molar-refractivity contribution in [1.29, 1.82) is 0 Å². The van der Waals surface area contributed by atoms with Crippen LogP contribution in [0.1, 0.15) is 32.3 Å². The highest BCUT2D eigenvalue weighted by molar-refractivity contribution is 5.94. The summed E-state index contributed by atoms with van der Waals surface area (Å²) in [6.45, 7) is 2.53. The molecular weight excluding hydrogens is 434 g/mol. The first-order valence-electron chi connectivity index (χ1n) is 10.3. The summed E-state index contributed by atoms with van der Waals surface area (Å²) in [6.07, 6.45) is -1.38. The largest absolute Gasteiger partial charge is 0.480 e. The Bertz CT molecular complexity index is 847. The monoisotopic (exact) mass is 465 g/mol. The summed E-state index contributed by atoms with van der Waals surface area (Å²) in [5.74, 6) is -4.27. The average Bonchev–Trinajstić information content (AvgIpc) is 2.74. The molecule has 0 saturated carbocycles. The van der Waals surface area contributed by atoms with E-state index >= 15 is 0 Å². The molecule has 0 aliphatic heterocycles. The first-order valence-corrected chi connectivity index (χ1v) is 10.3. The summed E-state index contributed by atoms with van der Waals surface area (Å²) in [5.41, 5.74) is 11.6. The number of carboxylic acids is 1. The van der Waals surface area contributed by atoms with E-state index in [1.807, 2.05) is 0 Å². The second-order valence-corrected chi connectivity index (χ2v) is 7.66. The van der Waals surface area contributed by atoms with E-state index in [0.717, 1.165) is 5.56 Å². The van der Waals surface area contributed by atoms with Gasteiger partial charge in [-0.1, -0.05) is 30.3 Å². The Morgan fingerprint density at radius 1 is 0.939 bits per heavy atom. The number of carboxylic acid groups (broad SMARTS) is 1. The van der Waals surface area contributed by atoms with Crippen LogP contribution in [0.5, 0.6) is 0 Å². The first-order chi connectivity index (χ1) is 15.4. The number of aliphatic hydroxyl groups is 1. The Hall–Kier alpha value is -3.51. The molecule has 12 nitrogen and oxygen atoms in total. The third kappa shape index (κ3) is 9.66. The first kappa shape index (κ1) is 27.5. The van der Waals surface area contributed by atoms with Crippen molar-refractivity contribution in [1.82, 2.24) is 16.0 Å². The minimum Gasteiger partial charge on any atom is -0.480 e. The normalized spacial score (nSPS) is 15.3. The molecule has 0 aliphatic rings. The van der Waals surface area contributed by atoms with Crippen LogP contribution in [0, 0.1) is 0 Å². The lowest BCUT2D eigenvalue weighted by Gasteiger charge is -2.24.